The maximum absolute atomic E-state index is 13.1. The average Bonchev–Trinajstić information content (AvgIpc) is 2.21. The molecule has 1 rings (SSSR count). The van der Waals surface area contributed by atoms with E-state index in [1.54, 1.807) is 20.8 Å². The first-order valence-corrected chi connectivity index (χ1v) is 5.20. The van der Waals surface area contributed by atoms with E-state index in [4.69, 9.17) is 5.11 Å². The third kappa shape index (κ3) is 3.19. The molecule has 0 fully saturated rings. The molecule has 0 aliphatic rings. The first-order chi connectivity index (χ1) is 8.11. The van der Waals surface area contributed by atoms with Crippen molar-refractivity contribution in [2.45, 2.75) is 26.3 Å². The SMILES string of the molecule is CC(C)(C)NC(=O)C(=O)c1cc(O)c(O)c(F)c1. The lowest BCUT2D eigenvalue weighted by atomic mass is 10.1. The number of hydrogen-bond donors (Lipinski definition) is 3. The van der Waals surface area contributed by atoms with E-state index in [0.717, 1.165) is 6.07 Å². The van der Waals surface area contributed by atoms with E-state index in [0.29, 0.717) is 6.07 Å². The Hall–Kier alpha value is -2.11. The fraction of sp³-hybridized carbons (Fsp3) is 0.333. The Morgan fingerprint density at radius 3 is 2.22 bits per heavy atom. The molecule has 0 saturated carbocycles. The van der Waals surface area contributed by atoms with Crippen LogP contribution in [-0.2, 0) is 4.79 Å². The molecule has 18 heavy (non-hydrogen) atoms. The molecule has 6 heteroatoms. The number of amides is 1. The summed E-state index contributed by atoms with van der Waals surface area (Å²) < 4.78 is 13.1. The number of rotatable bonds is 2. The number of benzene rings is 1. The van der Waals surface area contributed by atoms with Crippen molar-refractivity contribution >= 4 is 11.7 Å². The number of halogens is 1. The van der Waals surface area contributed by atoms with Gasteiger partial charge in [-0.3, -0.25) is 9.59 Å². The van der Waals surface area contributed by atoms with Gasteiger partial charge in [0.1, 0.15) is 0 Å². The molecule has 0 aromatic heterocycles. The Kier molecular flexibility index (Phi) is 3.59. The lowest BCUT2D eigenvalue weighted by Gasteiger charge is -2.19. The molecule has 0 unspecified atom stereocenters. The predicted octanol–water partition coefficient (Wildman–Crippen LogP) is 1.33. The van der Waals surface area contributed by atoms with Gasteiger partial charge in [-0.2, -0.15) is 0 Å². The van der Waals surface area contributed by atoms with Crippen LogP contribution >= 0.6 is 0 Å². The maximum Gasteiger partial charge on any atom is 0.292 e. The molecular formula is C12H14FNO4. The summed E-state index contributed by atoms with van der Waals surface area (Å²) in [6.07, 6.45) is 0. The van der Waals surface area contributed by atoms with Gasteiger partial charge in [-0.05, 0) is 32.9 Å². The topological polar surface area (TPSA) is 86.6 Å². The Morgan fingerprint density at radius 1 is 1.22 bits per heavy atom. The first kappa shape index (κ1) is 14.0. The molecular weight excluding hydrogens is 241 g/mol. The fourth-order valence-electron chi connectivity index (χ4n) is 1.24. The standard InChI is InChI=1S/C12H14FNO4/c1-12(2,3)14-11(18)9(16)6-4-7(13)10(17)8(15)5-6/h4-5,15,17H,1-3H3,(H,14,18). The highest BCUT2D eigenvalue weighted by Crippen LogP contribution is 2.29. The van der Waals surface area contributed by atoms with Crippen LogP contribution in [0.15, 0.2) is 12.1 Å². The summed E-state index contributed by atoms with van der Waals surface area (Å²) in [5.41, 5.74) is -0.936. The lowest BCUT2D eigenvalue weighted by Crippen LogP contribution is -2.44. The first-order valence-electron chi connectivity index (χ1n) is 5.20. The summed E-state index contributed by atoms with van der Waals surface area (Å²) in [7, 11) is 0. The molecule has 0 atom stereocenters. The van der Waals surface area contributed by atoms with Gasteiger partial charge in [0, 0.05) is 11.1 Å². The lowest BCUT2D eigenvalue weighted by molar-refractivity contribution is -0.118. The number of nitrogens with one attached hydrogen (secondary N) is 1. The zero-order valence-electron chi connectivity index (χ0n) is 10.2. The number of phenols is 2. The second kappa shape index (κ2) is 4.64. The van der Waals surface area contributed by atoms with Crippen LogP contribution < -0.4 is 5.32 Å². The minimum Gasteiger partial charge on any atom is -0.504 e. The molecule has 0 aliphatic heterocycles. The summed E-state index contributed by atoms with van der Waals surface area (Å²) in [5.74, 6) is -4.81. The summed E-state index contributed by atoms with van der Waals surface area (Å²) in [5, 5.41) is 20.6. The third-order valence-corrected chi connectivity index (χ3v) is 2.00. The number of ketones is 1. The van der Waals surface area contributed by atoms with Crippen molar-refractivity contribution in [3.8, 4) is 11.5 Å². The van der Waals surface area contributed by atoms with Gasteiger partial charge in [0.15, 0.2) is 17.3 Å². The zero-order valence-corrected chi connectivity index (χ0v) is 10.2. The van der Waals surface area contributed by atoms with E-state index in [-0.39, 0.29) is 5.56 Å². The van der Waals surface area contributed by atoms with Gasteiger partial charge in [-0.1, -0.05) is 0 Å². The van der Waals surface area contributed by atoms with Gasteiger partial charge in [0.05, 0.1) is 0 Å². The second-order valence-corrected chi connectivity index (χ2v) is 4.86. The van der Waals surface area contributed by atoms with Gasteiger partial charge in [-0.15, -0.1) is 0 Å². The van der Waals surface area contributed by atoms with Crippen molar-refractivity contribution in [2.24, 2.45) is 0 Å². The number of aromatic hydroxyl groups is 2. The highest BCUT2D eigenvalue weighted by molar-refractivity contribution is 6.43. The highest BCUT2D eigenvalue weighted by Gasteiger charge is 2.23. The number of hydrogen-bond acceptors (Lipinski definition) is 4. The van der Waals surface area contributed by atoms with Crippen LogP contribution in [0.25, 0.3) is 0 Å². The zero-order chi connectivity index (χ0) is 14.1. The Labute approximate surface area is 103 Å². The van der Waals surface area contributed by atoms with Crippen LogP contribution in [0, 0.1) is 5.82 Å². The van der Waals surface area contributed by atoms with Crippen LogP contribution in [0.3, 0.4) is 0 Å². The summed E-state index contributed by atoms with van der Waals surface area (Å²) >= 11 is 0. The second-order valence-electron chi connectivity index (χ2n) is 4.86. The molecule has 3 N–H and O–H groups in total. The summed E-state index contributed by atoms with van der Waals surface area (Å²) in [4.78, 5) is 23.2. The van der Waals surface area contributed by atoms with E-state index in [2.05, 4.69) is 5.32 Å². The van der Waals surface area contributed by atoms with E-state index in [1.165, 1.54) is 0 Å². The largest absolute Gasteiger partial charge is 0.504 e. The van der Waals surface area contributed by atoms with E-state index >= 15 is 0 Å². The predicted molar refractivity (Wildman–Crippen MR) is 62.0 cm³/mol. The van der Waals surface area contributed by atoms with Crippen molar-refractivity contribution in [3.05, 3.63) is 23.5 Å². The Bertz CT molecular complexity index is 482. The molecule has 1 aromatic carbocycles. The van der Waals surface area contributed by atoms with Crippen molar-refractivity contribution in [1.29, 1.82) is 0 Å². The monoisotopic (exact) mass is 255 g/mol. The van der Waals surface area contributed by atoms with Crippen LogP contribution in [0.1, 0.15) is 31.1 Å². The smallest absolute Gasteiger partial charge is 0.292 e. The van der Waals surface area contributed by atoms with Crippen LogP contribution in [0.2, 0.25) is 0 Å². The molecule has 5 nitrogen and oxygen atoms in total. The number of phenolic OH excluding ortho intramolecular Hbond substituents is 2. The van der Waals surface area contributed by atoms with Gasteiger partial charge < -0.3 is 15.5 Å². The van der Waals surface area contributed by atoms with Crippen LogP contribution in [0.4, 0.5) is 4.39 Å². The minimum atomic E-state index is -1.16. The van der Waals surface area contributed by atoms with E-state index in [1.807, 2.05) is 0 Å². The van der Waals surface area contributed by atoms with Gasteiger partial charge in [0.25, 0.3) is 5.91 Å². The fourth-order valence-corrected chi connectivity index (χ4v) is 1.24. The van der Waals surface area contributed by atoms with Crippen molar-refractivity contribution in [3.63, 3.8) is 0 Å². The minimum absolute atomic E-state index is 0.329. The summed E-state index contributed by atoms with van der Waals surface area (Å²) in [6.45, 7) is 5.06. The van der Waals surface area contributed by atoms with E-state index in [9.17, 15) is 19.1 Å². The van der Waals surface area contributed by atoms with E-state index < -0.39 is 34.5 Å². The normalized spacial score (nSPS) is 11.1. The maximum atomic E-state index is 13.1. The van der Waals surface area contributed by atoms with Crippen molar-refractivity contribution in [1.82, 2.24) is 5.32 Å². The van der Waals surface area contributed by atoms with Gasteiger partial charge in [-0.25, -0.2) is 4.39 Å². The number of carbonyl (C=O) groups excluding carboxylic acids is 2. The number of carbonyl (C=O) groups is 2. The van der Waals surface area contributed by atoms with Crippen LogP contribution in [-0.4, -0.2) is 27.4 Å². The molecule has 0 aliphatic carbocycles. The van der Waals surface area contributed by atoms with Crippen molar-refractivity contribution < 1.29 is 24.2 Å². The molecule has 0 bridgehead atoms. The quantitative estimate of drug-likeness (QED) is 0.423. The molecule has 0 heterocycles. The molecule has 0 radical (unpaired) electrons. The molecule has 0 saturated heterocycles. The van der Waals surface area contributed by atoms with Gasteiger partial charge in [0.2, 0.25) is 5.78 Å². The van der Waals surface area contributed by atoms with Crippen LogP contribution in [0.5, 0.6) is 11.5 Å². The Balaban J connectivity index is 3.02. The Morgan fingerprint density at radius 2 is 1.78 bits per heavy atom. The molecule has 1 aromatic rings. The third-order valence-electron chi connectivity index (χ3n) is 2.00. The molecule has 1 amide bonds. The van der Waals surface area contributed by atoms with Gasteiger partial charge >= 0.3 is 0 Å². The highest BCUT2D eigenvalue weighted by atomic mass is 19.1. The van der Waals surface area contributed by atoms with Crippen molar-refractivity contribution in [2.75, 3.05) is 0 Å². The average molecular weight is 255 g/mol. The number of Topliss-reactive ketones (excluding diaryl/α,β-unsaturated/α-hetero) is 1. The summed E-state index contributed by atoms with van der Waals surface area (Å²) in [6, 6.07) is 1.53. The molecule has 0 spiro atoms. The molecule has 98 valence electrons.